The van der Waals surface area contributed by atoms with Crippen LogP contribution in [0.25, 0.3) is 0 Å². The van der Waals surface area contributed by atoms with Crippen molar-refractivity contribution >= 4 is 6.01 Å². The Morgan fingerprint density at radius 1 is 1.38 bits per heavy atom. The van der Waals surface area contributed by atoms with Gasteiger partial charge in [-0.2, -0.15) is 10.2 Å². The lowest BCUT2D eigenvalue weighted by Crippen LogP contribution is -2.36. The Morgan fingerprint density at radius 3 is 2.77 bits per heavy atom. The largest absolute Gasteiger partial charge is 0.378 e. The van der Waals surface area contributed by atoms with E-state index in [1.807, 2.05) is 11.0 Å². The van der Waals surface area contributed by atoms with Crippen molar-refractivity contribution < 1.29 is 9.26 Å². The van der Waals surface area contributed by atoms with E-state index in [1.165, 1.54) is 0 Å². The molecule has 0 radical (unpaired) electrons. The average molecular weight is 180 g/mol. The van der Waals surface area contributed by atoms with Gasteiger partial charge in [0.15, 0.2) is 0 Å². The first-order valence-electron chi connectivity index (χ1n) is 3.96. The van der Waals surface area contributed by atoms with Gasteiger partial charge in [0.05, 0.1) is 13.2 Å². The lowest BCUT2D eigenvalue weighted by Gasteiger charge is -2.24. The van der Waals surface area contributed by atoms with E-state index in [4.69, 9.17) is 14.5 Å². The lowest BCUT2D eigenvalue weighted by molar-refractivity contribution is 0.119. The van der Waals surface area contributed by atoms with Crippen molar-refractivity contribution in [3.63, 3.8) is 0 Å². The predicted octanol–water partition coefficient (Wildman–Crippen LogP) is -0.222. The van der Waals surface area contributed by atoms with E-state index in [2.05, 4.69) is 10.1 Å². The topological polar surface area (TPSA) is 75.2 Å². The maximum Gasteiger partial charge on any atom is 0.325 e. The highest BCUT2D eigenvalue weighted by Gasteiger charge is 2.16. The third-order valence-corrected chi connectivity index (χ3v) is 1.80. The summed E-state index contributed by atoms with van der Waals surface area (Å²) >= 11 is 0. The van der Waals surface area contributed by atoms with Crippen molar-refractivity contribution in [2.75, 3.05) is 31.2 Å². The van der Waals surface area contributed by atoms with Crippen LogP contribution in [0.2, 0.25) is 0 Å². The number of nitrogens with zero attached hydrogens (tertiary/aromatic N) is 4. The first kappa shape index (κ1) is 8.01. The predicted molar refractivity (Wildman–Crippen MR) is 42.0 cm³/mol. The summed E-state index contributed by atoms with van der Waals surface area (Å²) in [6, 6.07) is 2.22. The molecule has 0 amide bonds. The molecular weight excluding hydrogens is 172 g/mol. The highest BCUT2D eigenvalue weighted by Crippen LogP contribution is 2.11. The standard InChI is InChI=1S/C7H8N4O2/c8-5-6-9-7(13-10-6)11-1-3-12-4-2-11/h1-4H2. The number of ether oxygens (including phenoxy) is 1. The summed E-state index contributed by atoms with van der Waals surface area (Å²) in [7, 11) is 0. The van der Waals surface area contributed by atoms with Crippen molar-refractivity contribution in [2.45, 2.75) is 0 Å². The Balaban J connectivity index is 2.11. The summed E-state index contributed by atoms with van der Waals surface area (Å²) in [5.74, 6) is 0.0708. The van der Waals surface area contributed by atoms with Crippen LogP contribution in [0.5, 0.6) is 0 Å². The maximum absolute atomic E-state index is 8.47. The lowest BCUT2D eigenvalue weighted by atomic mass is 10.4. The van der Waals surface area contributed by atoms with Gasteiger partial charge in [0.25, 0.3) is 5.82 Å². The third kappa shape index (κ3) is 1.60. The second kappa shape index (κ2) is 3.41. The second-order valence-electron chi connectivity index (χ2n) is 2.61. The van der Waals surface area contributed by atoms with Crippen LogP contribution in [0.4, 0.5) is 6.01 Å². The second-order valence-corrected chi connectivity index (χ2v) is 2.61. The van der Waals surface area contributed by atoms with Crippen LogP contribution in [0.3, 0.4) is 0 Å². The Morgan fingerprint density at radius 2 is 2.15 bits per heavy atom. The van der Waals surface area contributed by atoms with Crippen LogP contribution in [0.1, 0.15) is 5.82 Å². The van der Waals surface area contributed by atoms with Crippen LogP contribution in [-0.4, -0.2) is 36.4 Å². The molecule has 1 fully saturated rings. The van der Waals surface area contributed by atoms with E-state index in [9.17, 15) is 0 Å². The molecule has 0 saturated carbocycles. The molecule has 1 aromatic heterocycles. The molecule has 0 aliphatic carbocycles. The molecule has 0 atom stereocenters. The summed E-state index contributed by atoms with van der Waals surface area (Å²) in [5.41, 5.74) is 0. The van der Waals surface area contributed by atoms with Crippen molar-refractivity contribution in [3.05, 3.63) is 5.82 Å². The molecule has 1 aliphatic heterocycles. The number of nitriles is 1. The van der Waals surface area contributed by atoms with Gasteiger partial charge in [0.1, 0.15) is 6.07 Å². The molecule has 13 heavy (non-hydrogen) atoms. The van der Waals surface area contributed by atoms with Crippen LogP contribution >= 0.6 is 0 Å². The summed E-state index contributed by atoms with van der Waals surface area (Å²) in [6.45, 7) is 2.77. The highest BCUT2D eigenvalue weighted by atomic mass is 16.5. The zero-order chi connectivity index (χ0) is 9.10. The Kier molecular flexibility index (Phi) is 2.10. The van der Waals surface area contributed by atoms with Gasteiger partial charge in [-0.1, -0.05) is 0 Å². The molecule has 1 aromatic rings. The quantitative estimate of drug-likeness (QED) is 0.594. The SMILES string of the molecule is N#Cc1noc(N2CCOCC2)n1. The number of anilines is 1. The zero-order valence-corrected chi connectivity index (χ0v) is 6.93. The molecule has 0 aromatic carbocycles. The average Bonchev–Trinajstić information content (AvgIpc) is 2.67. The van der Waals surface area contributed by atoms with Crippen molar-refractivity contribution in [3.8, 4) is 6.07 Å². The van der Waals surface area contributed by atoms with E-state index in [0.717, 1.165) is 13.1 Å². The highest BCUT2D eigenvalue weighted by molar-refractivity contribution is 5.27. The fourth-order valence-electron chi connectivity index (χ4n) is 1.14. The fourth-order valence-corrected chi connectivity index (χ4v) is 1.14. The van der Waals surface area contributed by atoms with Gasteiger partial charge in [-0.25, -0.2) is 0 Å². The molecule has 1 aliphatic rings. The van der Waals surface area contributed by atoms with Gasteiger partial charge in [0, 0.05) is 13.1 Å². The Labute approximate surface area is 74.7 Å². The number of aromatic nitrogens is 2. The zero-order valence-electron chi connectivity index (χ0n) is 6.93. The fraction of sp³-hybridized carbons (Fsp3) is 0.571. The number of hydrogen-bond donors (Lipinski definition) is 0. The van der Waals surface area contributed by atoms with E-state index >= 15 is 0 Å². The van der Waals surface area contributed by atoms with E-state index in [-0.39, 0.29) is 5.82 Å². The smallest absolute Gasteiger partial charge is 0.325 e. The monoisotopic (exact) mass is 180 g/mol. The minimum Gasteiger partial charge on any atom is -0.378 e. The number of rotatable bonds is 1. The summed E-state index contributed by atoms with van der Waals surface area (Å²) in [4.78, 5) is 5.78. The molecule has 0 unspecified atom stereocenters. The summed E-state index contributed by atoms with van der Waals surface area (Å²) < 4.78 is 10.0. The minimum atomic E-state index is 0.0708. The molecule has 0 spiro atoms. The first-order valence-corrected chi connectivity index (χ1v) is 3.96. The van der Waals surface area contributed by atoms with Gasteiger partial charge in [0.2, 0.25) is 0 Å². The normalized spacial score (nSPS) is 17.0. The van der Waals surface area contributed by atoms with Gasteiger partial charge in [-0.05, 0) is 5.16 Å². The molecule has 0 bridgehead atoms. The molecule has 68 valence electrons. The Bertz CT molecular complexity index is 323. The Hall–Kier alpha value is -1.61. The van der Waals surface area contributed by atoms with Crippen LogP contribution < -0.4 is 4.90 Å². The number of hydrogen-bond acceptors (Lipinski definition) is 6. The van der Waals surface area contributed by atoms with Gasteiger partial charge >= 0.3 is 6.01 Å². The molecule has 0 N–H and O–H groups in total. The van der Waals surface area contributed by atoms with Crippen molar-refractivity contribution in [1.29, 1.82) is 5.26 Å². The molecule has 6 nitrogen and oxygen atoms in total. The molecule has 6 heteroatoms. The number of morpholine rings is 1. The van der Waals surface area contributed by atoms with E-state index in [0.29, 0.717) is 19.2 Å². The van der Waals surface area contributed by atoms with Gasteiger partial charge in [-0.3, -0.25) is 0 Å². The van der Waals surface area contributed by atoms with Crippen molar-refractivity contribution in [1.82, 2.24) is 10.1 Å². The maximum atomic E-state index is 8.47. The molecule has 1 saturated heterocycles. The molecule has 2 heterocycles. The first-order chi connectivity index (χ1) is 6.40. The van der Waals surface area contributed by atoms with Gasteiger partial charge in [-0.15, -0.1) is 0 Å². The molecular formula is C7H8N4O2. The third-order valence-electron chi connectivity index (χ3n) is 1.80. The van der Waals surface area contributed by atoms with Crippen LogP contribution in [0.15, 0.2) is 4.52 Å². The van der Waals surface area contributed by atoms with Crippen LogP contribution in [0, 0.1) is 11.3 Å². The van der Waals surface area contributed by atoms with Crippen molar-refractivity contribution in [2.24, 2.45) is 0 Å². The minimum absolute atomic E-state index is 0.0708. The van der Waals surface area contributed by atoms with Gasteiger partial charge < -0.3 is 14.2 Å². The van der Waals surface area contributed by atoms with E-state index in [1.54, 1.807) is 0 Å². The summed E-state index contributed by atoms with van der Waals surface area (Å²) in [6.07, 6.45) is 0. The van der Waals surface area contributed by atoms with Crippen LogP contribution in [-0.2, 0) is 4.74 Å². The summed E-state index contributed by atoms with van der Waals surface area (Å²) in [5, 5.41) is 12.0. The molecule has 2 rings (SSSR count). The van der Waals surface area contributed by atoms with E-state index < -0.39 is 0 Å².